The fraction of sp³-hybridized carbons (Fsp3) is 0.667. The van der Waals surface area contributed by atoms with Crippen LogP contribution in [0.3, 0.4) is 0 Å². The molecule has 0 aromatic rings. The van der Waals surface area contributed by atoms with Gasteiger partial charge in [-0.05, 0) is 0 Å². The van der Waals surface area contributed by atoms with Gasteiger partial charge in [-0.15, -0.1) is 0 Å². The maximum Gasteiger partial charge on any atom is 1.00 e. The fourth-order valence-electron chi connectivity index (χ4n) is 0.696. The SMILES string of the molecule is NC(CC(=O)O)C(O)C(O)C(=O)[O-].[Na+]. The third-order valence-corrected chi connectivity index (χ3v) is 1.41. The van der Waals surface area contributed by atoms with Crippen molar-refractivity contribution in [3.63, 3.8) is 0 Å². The average molecular weight is 215 g/mol. The number of aliphatic hydroxyl groups excluding tert-OH is 2. The standard InChI is InChI=1S/C6H11NO6.Na/c7-2(1-3(8)9)4(10)5(11)6(12)13;/h2,4-5,10-11H,1,7H2,(H,8,9)(H,12,13);/q;+1/p-1. The van der Waals surface area contributed by atoms with Gasteiger partial charge in [0.15, 0.2) is 0 Å². The van der Waals surface area contributed by atoms with Crippen molar-refractivity contribution >= 4 is 11.9 Å². The Labute approximate surface area is 102 Å². The number of nitrogens with two attached hydrogens (primary N) is 1. The molecule has 5 N–H and O–H groups in total. The van der Waals surface area contributed by atoms with Gasteiger partial charge in [0.25, 0.3) is 0 Å². The van der Waals surface area contributed by atoms with Gasteiger partial charge < -0.3 is 31.0 Å². The molecule has 14 heavy (non-hydrogen) atoms. The van der Waals surface area contributed by atoms with Gasteiger partial charge >= 0.3 is 35.5 Å². The van der Waals surface area contributed by atoms with E-state index >= 15 is 0 Å². The van der Waals surface area contributed by atoms with Crippen molar-refractivity contribution in [1.82, 2.24) is 0 Å². The summed E-state index contributed by atoms with van der Waals surface area (Å²) in [4.78, 5) is 20.1. The first-order chi connectivity index (χ1) is 5.86. The van der Waals surface area contributed by atoms with E-state index in [4.69, 9.17) is 21.1 Å². The van der Waals surface area contributed by atoms with Crippen molar-refractivity contribution < 1.29 is 59.6 Å². The minimum Gasteiger partial charge on any atom is -0.547 e. The van der Waals surface area contributed by atoms with E-state index in [0.717, 1.165) is 0 Å². The van der Waals surface area contributed by atoms with Gasteiger partial charge in [0.1, 0.15) is 12.2 Å². The van der Waals surface area contributed by atoms with E-state index in [1.807, 2.05) is 0 Å². The molecule has 76 valence electrons. The first kappa shape index (κ1) is 16.3. The summed E-state index contributed by atoms with van der Waals surface area (Å²) in [5, 5.41) is 35.9. The number of carboxylic acid groups (broad SMARTS) is 2. The zero-order valence-corrected chi connectivity index (χ0v) is 9.58. The van der Waals surface area contributed by atoms with Crippen molar-refractivity contribution in [1.29, 1.82) is 0 Å². The van der Waals surface area contributed by atoms with Crippen LogP contribution in [0.5, 0.6) is 0 Å². The summed E-state index contributed by atoms with van der Waals surface area (Å²) in [7, 11) is 0. The fourth-order valence-corrected chi connectivity index (χ4v) is 0.696. The maximum absolute atomic E-state index is 10.1. The molecule has 0 saturated carbocycles. The zero-order valence-electron chi connectivity index (χ0n) is 7.58. The number of hydrogen-bond donors (Lipinski definition) is 4. The summed E-state index contributed by atoms with van der Waals surface area (Å²) in [6.07, 6.45) is -4.65. The summed E-state index contributed by atoms with van der Waals surface area (Å²) in [6.45, 7) is 0. The van der Waals surface area contributed by atoms with Crippen LogP contribution >= 0.6 is 0 Å². The van der Waals surface area contributed by atoms with E-state index in [0.29, 0.717) is 0 Å². The Hall–Kier alpha value is -0.180. The summed E-state index contributed by atoms with van der Waals surface area (Å²) >= 11 is 0. The summed E-state index contributed by atoms with van der Waals surface area (Å²) in [6, 6.07) is -1.34. The zero-order chi connectivity index (χ0) is 10.6. The largest absolute Gasteiger partial charge is 1.00 e. The molecule has 0 aromatic carbocycles. The number of hydrogen-bond acceptors (Lipinski definition) is 6. The van der Waals surface area contributed by atoms with Crippen LogP contribution in [0.2, 0.25) is 0 Å². The van der Waals surface area contributed by atoms with E-state index in [1.165, 1.54) is 0 Å². The van der Waals surface area contributed by atoms with Crippen molar-refractivity contribution in [2.75, 3.05) is 0 Å². The molecular weight excluding hydrogens is 205 g/mol. The first-order valence-corrected chi connectivity index (χ1v) is 3.40. The van der Waals surface area contributed by atoms with Crippen molar-refractivity contribution in [2.45, 2.75) is 24.7 Å². The molecule has 0 heterocycles. The average Bonchev–Trinajstić information content (AvgIpc) is 2.00. The van der Waals surface area contributed by atoms with Gasteiger partial charge in [-0.25, -0.2) is 0 Å². The van der Waals surface area contributed by atoms with Crippen LogP contribution in [-0.4, -0.2) is 45.5 Å². The predicted octanol–water partition coefficient (Wildman–Crippen LogP) is -6.74. The molecule has 0 spiro atoms. The Morgan fingerprint density at radius 3 is 2.07 bits per heavy atom. The maximum atomic E-state index is 10.1. The quantitative estimate of drug-likeness (QED) is 0.333. The predicted molar refractivity (Wildman–Crippen MR) is 37.2 cm³/mol. The topological polar surface area (TPSA) is 144 Å². The van der Waals surface area contributed by atoms with Crippen LogP contribution < -0.4 is 40.4 Å². The molecule has 3 atom stereocenters. The number of rotatable bonds is 5. The van der Waals surface area contributed by atoms with Crippen molar-refractivity contribution in [2.24, 2.45) is 5.73 Å². The van der Waals surface area contributed by atoms with Crippen LogP contribution in [0.15, 0.2) is 0 Å². The minimum atomic E-state index is -2.17. The monoisotopic (exact) mass is 215 g/mol. The molecule has 0 bridgehead atoms. The molecule has 0 radical (unpaired) electrons. The minimum absolute atomic E-state index is 0. The Morgan fingerprint density at radius 2 is 1.79 bits per heavy atom. The molecule has 0 aliphatic rings. The molecule has 0 amide bonds. The van der Waals surface area contributed by atoms with Crippen LogP contribution in [0.4, 0.5) is 0 Å². The van der Waals surface area contributed by atoms with E-state index in [-0.39, 0.29) is 29.6 Å². The van der Waals surface area contributed by atoms with Gasteiger partial charge in [0, 0.05) is 6.04 Å². The Balaban J connectivity index is 0. The van der Waals surface area contributed by atoms with Crippen LogP contribution in [0.1, 0.15) is 6.42 Å². The van der Waals surface area contributed by atoms with E-state index in [1.54, 1.807) is 0 Å². The van der Waals surface area contributed by atoms with E-state index < -0.39 is 36.6 Å². The van der Waals surface area contributed by atoms with Crippen molar-refractivity contribution in [3.05, 3.63) is 0 Å². The van der Waals surface area contributed by atoms with Crippen LogP contribution in [0.25, 0.3) is 0 Å². The molecular formula is C6H10NNaO6. The second kappa shape index (κ2) is 7.16. The number of carbonyl (C=O) groups is 2. The third-order valence-electron chi connectivity index (χ3n) is 1.41. The van der Waals surface area contributed by atoms with E-state index in [2.05, 4.69) is 0 Å². The number of carbonyl (C=O) groups excluding carboxylic acids is 1. The van der Waals surface area contributed by atoms with Crippen LogP contribution in [0, 0.1) is 0 Å². The molecule has 0 rings (SSSR count). The second-order valence-corrected chi connectivity index (χ2v) is 2.52. The molecule has 0 saturated heterocycles. The molecule has 0 aromatic heterocycles. The summed E-state index contributed by atoms with van der Waals surface area (Å²) in [5.74, 6) is -3.19. The third kappa shape index (κ3) is 5.53. The summed E-state index contributed by atoms with van der Waals surface area (Å²) < 4.78 is 0. The molecule has 8 heteroatoms. The Morgan fingerprint density at radius 1 is 1.36 bits per heavy atom. The number of aliphatic hydroxyl groups is 2. The summed E-state index contributed by atoms with van der Waals surface area (Å²) in [5.41, 5.74) is 5.07. The van der Waals surface area contributed by atoms with Gasteiger partial charge in [-0.1, -0.05) is 0 Å². The number of carboxylic acids is 2. The first-order valence-electron chi connectivity index (χ1n) is 3.40. The molecule has 0 aliphatic heterocycles. The molecule has 7 nitrogen and oxygen atoms in total. The van der Waals surface area contributed by atoms with E-state index in [9.17, 15) is 14.7 Å². The molecule has 3 unspecified atom stereocenters. The Bertz CT molecular complexity index is 210. The molecule has 0 fully saturated rings. The van der Waals surface area contributed by atoms with Gasteiger partial charge in [0.2, 0.25) is 0 Å². The second-order valence-electron chi connectivity index (χ2n) is 2.52. The van der Waals surface area contributed by atoms with Gasteiger partial charge in [-0.2, -0.15) is 0 Å². The van der Waals surface area contributed by atoms with Gasteiger partial charge in [-0.3, -0.25) is 4.79 Å². The smallest absolute Gasteiger partial charge is 0.547 e. The number of aliphatic carboxylic acids is 2. The molecule has 0 aliphatic carbocycles. The Kier molecular flexibility index (Phi) is 8.31. The van der Waals surface area contributed by atoms with Gasteiger partial charge in [0.05, 0.1) is 12.4 Å². The van der Waals surface area contributed by atoms with Crippen molar-refractivity contribution in [3.8, 4) is 0 Å². The normalized spacial score (nSPS) is 16.2. The van der Waals surface area contributed by atoms with Crippen LogP contribution in [-0.2, 0) is 9.59 Å².